The van der Waals surface area contributed by atoms with E-state index in [0.717, 1.165) is 57.2 Å². The van der Waals surface area contributed by atoms with Crippen LogP contribution in [0.25, 0.3) is 0 Å². The Balaban J connectivity index is 1.42. The molecular formula is C19H27N3O2. The third-order valence-electron chi connectivity index (χ3n) is 5.30. The molecule has 5 nitrogen and oxygen atoms in total. The summed E-state index contributed by atoms with van der Waals surface area (Å²) in [5.41, 5.74) is 1.01. The Hall–Kier alpha value is -1.91. The van der Waals surface area contributed by atoms with E-state index in [1.807, 2.05) is 17.0 Å². The average molecular weight is 329 g/mol. The first-order valence-corrected chi connectivity index (χ1v) is 9.19. The SMILES string of the molecule is O=C(NCc1cccnc1)C1CCC(C(=O)N2CCCCC2)CC1. The third kappa shape index (κ3) is 4.34. The smallest absolute Gasteiger partial charge is 0.225 e. The van der Waals surface area contributed by atoms with Crippen molar-refractivity contribution in [3.8, 4) is 0 Å². The van der Waals surface area contributed by atoms with Crippen LogP contribution in [0.2, 0.25) is 0 Å². The van der Waals surface area contributed by atoms with Gasteiger partial charge in [0.2, 0.25) is 11.8 Å². The zero-order valence-corrected chi connectivity index (χ0v) is 14.2. The minimum absolute atomic E-state index is 0.0482. The van der Waals surface area contributed by atoms with Crippen molar-refractivity contribution >= 4 is 11.8 Å². The fourth-order valence-corrected chi connectivity index (χ4v) is 3.81. The monoisotopic (exact) mass is 329 g/mol. The molecule has 2 amide bonds. The number of nitrogens with zero attached hydrogens (tertiary/aromatic N) is 2. The highest BCUT2D eigenvalue weighted by Gasteiger charge is 2.32. The third-order valence-corrected chi connectivity index (χ3v) is 5.30. The Bertz CT molecular complexity index is 547. The van der Waals surface area contributed by atoms with E-state index in [-0.39, 0.29) is 17.7 Å². The molecule has 3 rings (SSSR count). The summed E-state index contributed by atoms with van der Waals surface area (Å²) in [5, 5.41) is 3.00. The molecule has 1 saturated heterocycles. The van der Waals surface area contributed by atoms with Gasteiger partial charge in [-0.25, -0.2) is 0 Å². The maximum atomic E-state index is 12.6. The van der Waals surface area contributed by atoms with Crippen molar-refractivity contribution in [2.75, 3.05) is 13.1 Å². The molecule has 2 heterocycles. The van der Waals surface area contributed by atoms with Gasteiger partial charge in [0.05, 0.1) is 0 Å². The van der Waals surface area contributed by atoms with Gasteiger partial charge in [0, 0.05) is 43.9 Å². The largest absolute Gasteiger partial charge is 0.352 e. The van der Waals surface area contributed by atoms with Crippen molar-refractivity contribution < 1.29 is 9.59 Å². The topological polar surface area (TPSA) is 62.3 Å². The van der Waals surface area contributed by atoms with Crippen LogP contribution in [0.15, 0.2) is 24.5 Å². The summed E-state index contributed by atoms with van der Waals surface area (Å²) in [6.45, 7) is 2.37. The maximum Gasteiger partial charge on any atom is 0.225 e. The number of piperidine rings is 1. The van der Waals surface area contributed by atoms with Gasteiger partial charge < -0.3 is 10.2 Å². The second-order valence-electron chi connectivity index (χ2n) is 7.01. The molecule has 0 spiro atoms. The molecule has 0 unspecified atom stereocenters. The number of hydrogen-bond acceptors (Lipinski definition) is 3. The first-order valence-electron chi connectivity index (χ1n) is 9.19. The van der Waals surface area contributed by atoms with E-state index in [9.17, 15) is 9.59 Å². The fraction of sp³-hybridized carbons (Fsp3) is 0.632. The Morgan fingerprint density at radius 2 is 1.79 bits per heavy atom. The number of nitrogens with one attached hydrogen (secondary N) is 1. The van der Waals surface area contributed by atoms with E-state index in [2.05, 4.69) is 10.3 Å². The minimum atomic E-state index is 0.0482. The molecule has 1 aromatic heterocycles. The second-order valence-corrected chi connectivity index (χ2v) is 7.01. The lowest BCUT2D eigenvalue weighted by Gasteiger charge is -2.33. The van der Waals surface area contributed by atoms with E-state index < -0.39 is 0 Å². The second kappa shape index (κ2) is 8.27. The normalized spacial score (nSPS) is 24.4. The van der Waals surface area contributed by atoms with Gasteiger partial charge in [-0.3, -0.25) is 14.6 Å². The van der Waals surface area contributed by atoms with Crippen molar-refractivity contribution in [3.05, 3.63) is 30.1 Å². The molecule has 1 N–H and O–H groups in total. The number of amides is 2. The lowest BCUT2D eigenvalue weighted by molar-refractivity contribution is -0.139. The van der Waals surface area contributed by atoms with Gasteiger partial charge in [0.1, 0.15) is 0 Å². The van der Waals surface area contributed by atoms with Gasteiger partial charge in [-0.1, -0.05) is 6.07 Å². The van der Waals surface area contributed by atoms with E-state index in [4.69, 9.17) is 0 Å². The highest BCUT2D eigenvalue weighted by atomic mass is 16.2. The summed E-state index contributed by atoms with van der Waals surface area (Å²) in [6, 6.07) is 3.83. The van der Waals surface area contributed by atoms with E-state index in [1.165, 1.54) is 6.42 Å². The quantitative estimate of drug-likeness (QED) is 0.923. The first kappa shape index (κ1) is 16.9. The first-order chi connectivity index (χ1) is 11.7. The van der Waals surface area contributed by atoms with Crippen molar-refractivity contribution in [2.24, 2.45) is 11.8 Å². The molecule has 5 heteroatoms. The number of likely N-dealkylation sites (tertiary alicyclic amines) is 1. The Labute approximate surface area is 143 Å². The number of aromatic nitrogens is 1. The molecule has 1 aromatic rings. The summed E-state index contributed by atoms with van der Waals surface area (Å²) < 4.78 is 0. The highest BCUT2D eigenvalue weighted by Crippen LogP contribution is 2.31. The lowest BCUT2D eigenvalue weighted by atomic mass is 9.80. The van der Waals surface area contributed by atoms with Crippen LogP contribution in [0.5, 0.6) is 0 Å². The van der Waals surface area contributed by atoms with Gasteiger partial charge in [-0.05, 0) is 56.6 Å². The molecule has 1 aliphatic carbocycles. The van der Waals surface area contributed by atoms with Crippen LogP contribution in [-0.4, -0.2) is 34.8 Å². The zero-order chi connectivity index (χ0) is 16.8. The Kier molecular flexibility index (Phi) is 5.83. The molecule has 0 atom stereocenters. The standard InChI is InChI=1S/C19H27N3O2/c23-18(21-14-15-5-4-10-20-13-15)16-6-8-17(9-7-16)19(24)22-11-2-1-3-12-22/h4-5,10,13,16-17H,1-3,6-9,11-12,14H2,(H,21,23). The molecule has 24 heavy (non-hydrogen) atoms. The summed E-state index contributed by atoms with van der Waals surface area (Å²) >= 11 is 0. The summed E-state index contributed by atoms with van der Waals surface area (Å²) in [7, 11) is 0. The van der Waals surface area contributed by atoms with Crippen LogP contribution in [-0.2, 0) is 16.1 Å². The number of carbonyl (C=O) groups excluding carboxylic acids is 2. The number of rotatable bonds is 4. The molecule has 0 radical (unpaired) electrons. The number of carbonyl (C=O) groups is 2. The maximum absolute atomic E-state index is 12.6. The molecule has 1 aliphatic heterocycles. The van der Waals surface area contributed by atoms with Crippen LogP contribution < -0.4 is 5.32 Å². The Morgan fingerprint density at radius 3 is 2.46 bits per heavy atom. The molecule has 2 aliphatic rings. The predicted molar refractivity (Wildman–Crippen MR) is 92.0 cm³/mol. The van der Waals surface area contributed by atoms with Crippen LogP contribution in [0.3, 0.4) is 0 Å². The molecule has 0 aromatic carbocycles. The molecule has 0 bridgehead atoms. The molecule has 2 fully saturated rings. The number of pyridine rings is 1. The van der Waals surface area contributed by atoms with Crippen molar-refractivity contribution in [2.45, 2.75) is 51.5 Å². The summed E-state index contributed by atoms with van der Waals surface area (Å²) in [5.74, 6) is 0.615. The van der Waals surface area contributed by atoms with Crippen molar-refractivity contribution in [1.29, 1.82) is 0 Å². The highest BCUT2D eigenvalue weighted by molar-refractivity contribution is 5.81. The van der Waals surface area contributed by atoms with Gasteiger partial charge >= 0.3 is 0 Å². The average Bonchev–Trinajstić information content (AvgIpc) is 2.67. The van der Waals surface area contributed by atoms with Gasteiger partial charge in [0.25, 0.3) is 0 Å². The Morgan fingerprint density at radius 1 is 1.08 bits per heavy atom. The number of hydrogen-bond donors (Lipinski definition) is 1. The lowest BCUT2D eigenvalue weighted by Crippen LogP contribution is -2.42. The summed E-state index contributed by atoms with van der Waals surface area (Å²) in [4.78, 5) is 31.0. The van der Waals surface area contributed by atoms with E-state index in [0.29, 0.717) is 12.5 Å². The predicted octanol–water partition coefficient (Wildman–Crippen LogP) is 2.52. The minimum Gasteiger partial charge on any atom is -0.352 e. The van der Waals surface area contributed by atoms with E-state index in [1.54, 1.807) is 12.4 Å². The van der Waals surface area contributed by atoms with Crippen molar-refractivity contribution in [1.82, 2.24) is 15.2 Å². The van der Waals surface area contributed by atoms with Crippen LogP contribution in [0.1, 0.15) is 50.5 Å². The molecular weight excluding hydrogens is 302 g/mol. The van der Waals surface area contributed by atoms with Gasteiger partial charge in [0.15, 0.2) is 0 Å². The van der Waals surface area contributed by atoms with E-state index >= 15 is 0 Å². The molecule has 1 saturated carbocycles. The van der Waals surface area contributed by atoms with Gasteiger partial charge in [-0.15, -0.1) is 0 Å². The van der Waals surface area contributed by atoms with Crippen LogP contribution in [0, 0.1) is 11.8 Å². The van der Waals surface area contributed by atoms with Gasteiger partial charge in [-0.2, -0.15) is 0 Å². The van der Waals surface area contributed by atoms with Crippen LogP contribution in [0.4, 0.5) is 0 Å². The fourth-order valence-electron chi connectivity index (χ4n) is 3.81. The van der Waals surface area contributed by atoms with Crippen molar-refractivity contribution in [3.63, 3.8) is 0 Å². The summed E-state index contributed by atoms with van der Waals surface area (Å²) in [6.07, 6.45) is 10.4. The molecule has 130 valence electrons. The van der Waals surface area contributed by atoms with Crippen LogP contribution >= 0.6 is 0 Å². The zero-order valence-electron chi connectivity index (χ0n) is 14.2.